The number of rotatable bonds is 3. The Morgan fingerprint density at radius 3 is 2.06 bits per heavy atom. The Morgan fingerprint density at radius 1 is 0.806 bits per heavy atom. The Kier molecular flexibility index (Phi) is 5.11. The molecule has 31 heavy (non-hydrogen) atoms. The summed E-state index contributed by atoms with van der Waals surface area (Å²) < 4.78 is 5.76. The minimum absolute atomic E-state index is 0.0361. The van der Waals surface area contributed by atoms with E-state index in [1.165, 1.54) is 33.4 Å². The lowest BCUT2D eigenvalue weighted by Gasteiger charge is -2.37. The summed E-state index contributed by atoms with van der Waals surface area (Å²) in [6.07, 6.45) is 2.57. The molecule has 2 aliphatic heterocycles. The Labute approximate surface area is 184 Å². The van der Waals surface area contributed by atoms with Crippen LogP contribution in [0.2, 0.25) is 0 Å². The number of benzene rings is 3. The van der Waals surface area contributed by atoms with E-state index in [2.05, 4.69) is 62.4 Å². The van der Waals surface area contributed by atoms with Gasteiger partial charge in [-0.2, -0.15) is 0 Å². The summed E-state index contributed by atoms with van der Waals surface area (Å²) in [7, 11) is 0. The summed E-state index contributed by atoms with van der Waals surface area (Å²) in [5.74, 6) is 0.595. The van der Waals surface area contributed by atoms with Gasteiger partial charge < -0.3 is 4.74 Å². The van der Waals surface area contributed by atoms with Crippen molar-refractivity contribution in [2.24, 2.45) is 0 Å². The van der Waals surface area contributed by atoms with Crippen molar-refractivity contribution >= 4 is 17.2 Å². The fourth-order valence-corrected chi connectivity index (χ4v) is 4.96. The van der Waals surface area contributed by atoms with Gasteiger partial charge in [0.15, 0.2) is 0 Å². The van der Waals surface area contributed by atoms with Crippen LogP contribution in [0, 0.1) is 13.8 Å². The number of aryl methyl sites for hydroxylation is 2. The number of carbonyl (C=O) groups is 1. The third-order valence-electron chi connectivity index (χ3n) is 6.52. The number of hydrogen-bond donors (Lipinski definition) is 0. The highest BCUT2D eigenvalue weighted by molar-refractivity contribution is 5.96. The standard InChI is InChI=1S/C28H27NO2/c1-19-8-12-21(13-9-19)25-18-23-16-17-26(27(25)22-14-10-20(2)11-15-22)29(23)28(30)31-24-6-4-3-5-7-24/h3-15,23,26H,16-18H2,1-2H3/t23-,26+/m0/s1. The van der Waals surface area contributed by atoms with Gasteiger partial charge >= 0.3 is 6.09 Å². The van der Waals surface area contributed by atoms with Gasteiger partial charge in [0.2, 0.25) is 0 Å². The molecule has 3 heteroatoms. The van der Waals surface area contributed by atoms with Gasteiger partial charge in [-0.3, -0.25) is 4.90 Å². The average molecular weight is 410 g/mol. The molecule has 0 N–H and O–H groups in total. The van der Waals surface area contributed by atoms with E-state index in [0.717, 1.165) is 19.3 Å². The second kappa shape index (κ2) is 8.07. The quantitative estimate of drug-likeness (QED) is 0.485. The fourth-order valence-electron chi connectivity index (χ4n) is 4.96. The van der Waals surface area contributed by atoms with Crippen LogP contribution in [0.3, 0.4) is 0 Å². The molecule has 2 aliphatic rings. The maximum atomic E-state index is 13.2. The highest BCUT2D eigenvalue weighted by Crippen LogP contribution is 2.47. The van der Waals surface area contributed by atoms with Crippen molar-refractivity contribution in [3.05, 3.63) is 101 Å². The molecule has 2 atom stereocenters. The van der Waals surface area contributed by atoms with Gasteiger partial charge in [0.1, 0.15) is 5.75 Å². The maximum Gasteiger partial charge on any atom is 0.416 e. The van der Waals surface area contributed by atoms with E-state index < -0.39 is 0 Å². The SMILES string of the molecule is Cc1ccc(C2=C(c3ccc(C)cc3)[C@H]3CC[C@@H](C2)N3C(=O)Oc2ccccc2)cc1. The van der Waals surface area contributed by atoms with Gasteiger partial charge in [-0.15, -0.1) is 0 Å². The lowest BCUT2D eigenvalue weighted by molar-refractivity contribution is 0.137. The van der Waals surface area contributed by atoms with Crippen molar-refractivity contribution in [1.29, 1.82) is 0 Å². The summed E-state index contributed by atoms with van der Waals surface area (Å²) in [5, 5.41) is 0. The van der Waals surface area contributed by atoms with E-state index in [0.29, 0.717) is 5.75 Å². The van der Waals surface area contributed by atoms with Crippen LogP contribution < -0.4 is 4.74 Å². The summed E-state index contributed by atoms with van der Waals surface area (Å²) in [6, 6.07) is 27.1. The van der Waals surface area contributed by atoms with Crippen molar-refractivity contribution in [2.45, 2.75) is 45.2 Å². The molecule has 2 bridgehead atoms. The van der Waals surface area contributed by atoms with Gasteiger partial charge in [-0.05, 0) is 67.5 Å². The normalized spacial score (nSPS) is 20.1. The smallest absolute Gasteiger partial charge is 0.410 e. The van der Waals surface area contributed by atoms with Crippen LogP contribution >= 0.6 is 0 Å². The molecule has 2 heterocycles. The van der Waals surface area contributed by atoms with Crippen LogP contribution in [0.15, 0.2) is 78.9 Å². The molecule has 3 nitrogen and oxygen atoms in total. The highest BCUT2D eigenvalue weighted by Gasteiger charge is 2.45. The minimum Gasteiger partial charge on any atom is -0.410 e. The Hall–Kier alpha value is -3.33. The van der Waals surface area contributed by atoms with Crippen LogP contribution in [-0.4, -0.2) is 23.1 Å². The van der Waals surface area contributed by atoms with Gasteiger partial charge in [0, 0.05) is 6.04 Å². The summed E-state index contributed by atoms with van der Waals surface area (Å²) in [5.41, 5.74) is 7.58. The number of ether oxygens (including phenoxy) is 1. The molecular weight excluding hydrogens is 382 g/mol. The first-order chi connectivity index (χ1) is 15.1. The number of amides is 1. The molecule has 3 aromatic rings. The van der Waals surface area contributed by atoms with Crippen molar-refractivity contribution in [3.8, 4) is 5.75 Å². The second-order valence-corrected chi connectivity index (χ2v) is 8.66. The Bertz CT molecular complexity index is 1110. The van der Waals surface area contributed by atoms with Gasteiger partial charge in [0.25, 0.3) is 0 Å². The maximum absolute atomic E-state index is 13.2. The van der Waals surface area contributed by atoms with Crippen LogP contribution in [-0.2, 0) is 0 Å². The molecule has 0 aliphatic carbocycles. The number of fused-ring (bicyclic) bond motifs is 2. The van der Waals surface area contributed by atoms with Crippen LogP contribution in [0.25, 0.3) is 11.1 Å². The molecule has 156 valence electrons. The third-order valence-corrected chi connectivity index (χ3v) is 6.52. The third kappa shape index (κ3) is 3.76. The van der Waals surface area contributed by atoms with E-state index in [1.54, 1.807) is 0 Å². The second-order valence-electron chi connectivity index (χ2n) is 8.66. The van der Waals surface area contributed by atoms with Crippen molar-refractivity contribution in [1.82, 2.24) is 4.90 Å². The largest absolute Gasteiger partial charge is 0.416 e. The molecule has 0 radical (unpaired) electrons. The van der Waals surface area contributed by atoms with Gasteiger partial charge in [-0.1, -0.05) is 77.9 Å². The zero-order chi connectivity index (χ0) is 21.4. The molecule has 1 fully saturated rings. The first kappa shape index (κ1) is 19.6. The van der Waals surface area contributed by atoms with Crippen LogP contribution in [0.4, 0.5) is 4.79 Å². The summed E-state index contributed by atoms with van der Waals surface area (Å²) in [4.78, 5) is 15.2. The first-order valence-electron chi connectivity index (χ1n) is 11.0. The predicted molar refractivity (Wildman–Crippen MR) is 125 cm³/mol. The number of hydrogen-bond acceptors (Lipinski definition) is 2. The van der Waals surface area contributed by atoms with E-state index in [4.69, 9.17) is 4.74 Å². The first-order valence-corrected chi connectivity index (χ1v) is 11.0. The number of carbonyl (C=O) groups excluding carboxylic acids is 1. The van der Waals surface area contributed by atoms with Crippen molar-refractivity contribution < 1.29 is 9.53 Å². The average Bonchev–Trinajstić information content (AvgIpc) is 3.10. The van der Waals surface area contributed by atoms with Gasteiger partial charge in [-0.25, -0.2) is 4.79 Å². The Balaban J connectivity index is 1.56. The lowest BCUT2D eigenvalue weighted by Crippen LogP contribution is -2.46. The molecule has 1 saturated heterocycles. The molecular formula is C28H27NO2. The minimum atomic E-state index is -0.244. The monoisotopic (exact) mass is 409 g/mol. The molecule has 0 unspecified atom stereocenters. The van der Waals surface area contributed by atoms with Crippen LogP contribution in [0.5, 0.6) is 5.75 Å². The van der Waals surface area contributed by atoms with E-state index in [9.17, 15) is 4.79 Å². The van der Waals surface area contributed by atoms with E-state index in [1.807, 2.05) is 35.2 Å². The number of para-hydroxylation sites is 1. The Morgan fingerprint density at radius 2 is 1.42 bits per heavy atom. The predicted octanol–water partition coefficient (Wildman–Crippen LogP) is 6.65. The molecule has 5 rings (SSSR count). The van der Waals surface area contributed by atoms with Crippen molar-refractivity contribution in [3.63, 3.8) is 0 Å². The zero-order valence-electron chi connectivity index (χ0n) is 18.0. The highest BCUT2D eigenvalue weighted by atomic mass is 16.6. The molecule has 1 amide bonds. The molecule has 3 aromatic carbocycles. The fraction of sp³-hybridized carbons (Fsp3) is 0.250. The molecule has 0 saturated carbocycles. The van der Waals surface area contributed by atoms with Gasteiger partial charge in [0.05, 0.1) is 6.04 Å². The summed E-state index contributed by atoms with van der Waals surface area (Å²) in [6.45, 7) is 4.22. The zero-order valence-corrected chi connectivity index (χ0v) is 18.0. The van der Waals surface area contributed by atoms with Crippen molar-refractivity contribution in [2.75, 3.05) is 0 Å². The van der Waals surface area contributed by atoms with E-state index in [-0.39, 0.29) is 18.2 Å². The van der Waals surface area contributed by atoms with E-state index >= 15 is 0 Å². The summed E-state index contributed by atoms with van der Waals surface area (Å²) >= 11 is 0. The van der Waals surface area contributed by atoms with Crippen LogP contribution in [0.1, 0.15) is 41.5 Å². The molecule has 0 aromatic heterocycles. The number of nitrogens with zero attached hydrogens (tertiary/aromatic N) is 1. The topological polar surface area (TPSA) is 29.5 Å². The molecule has 0 spiro atoms. The lowest BCUT2D eigenvalue weighted by atomic mass is 9.84.